The Morgan fingerprint density at radius 3 is 2.65 bits per heavy atom. The average Bonchev–Trinajstić information content (AvgIpc) is 2.76. The lowest BCUT2D eigenvalue weighted by Crippen LogP contribution is -2.17. The van der Waals surface area contributed by atoms with Crippen LogP contribution in [0.5, 0.6) is 0 Å². The fourth-order valence-corrected chi connectivity index (χ4v) is 2.70. The smallest absolute Gasteiger partial charge is 0.330 e. The van der Waals surface area contributed by atoms with E-state index in [1.165, 1.54) is 12.1 Å². The third kappa shape index (κ3) is 2.63. The minimum absolute atomic E-state index is 0.197. The molecule has 0 aromatic heterocycles. The van der Waals surface area contributed by atoms with Crippen LogP contribution < -0.4 is 5.73 Å². The van der Waals surface area contributed by atoms with Crippen molar-refractivity contribution in [2.75, 3.05) is 6.54 Å². The SMILES string of the molecule is NCC1CCCC1c1cccc(C(F)(F)F)c1. The van der Waals surface area contributed by atoms with Crippen LogP contribution >= 0.6 is 0 Å². The highest BCUT2D eigenvalue weighted by Gasteiger charge is 2.33. The van der Waals surface area contributed by atoms with E-state index in [1.807, 2.05) is 0 Å². The van der Waals surface area contributed by atoms with E-state index >= 15 is 0 Å². The van der Waals surface area contributed by atoms with Gasteiger partial charge in [0, 0.05) is 0 Å². The summed E-state index contributed by atoms with van der Waals surface area (Å²) >= 11 is 0. The first-order chi connectivity index (χ1) is 8.02. The van der Waals surface area contributed by atoms with Gasteiger partial charge >= 0.3 is 6.18 Å². The molecular formula is C13H16F3N. The van der Waals surface area contributed by atoms with Crippen molar-refractivity contribution in [3.05, 3.63) is 35.4 Å². The highest BCUT2D eigenvalue weighted by molar-refractivity contribution is 5.29. The predicted octanol–water partition coefficient (Wildman–Crippen LogP) is 3.55. The molecule has 0 amide bonds. The maximum Gasteiger partial charge on any atom is 0.416 e. The average molecular weight is 243 g/mol. The zero-order valence-corrected chi connectivity index (χ0v) is 9.50. The minimum Gasteiger partial charge on any atom is -0.330 e. The van der Waals surface area contributed by atoms with Gasteiger partial charge in [0.1, 0.15) is 0 Å². The van der Waals surface area contributed by atoms with Crippen molar-refractivity contribution in [1.82, 2.24) is 0 Å². The zero-order valence-electron chi connectivity index (χ0n) is 9.50. The van der Waals surface area contributed by atoms with Gasteiger partial charge in [-0.25, -0.2) is 0 Å². The normalized spacial score (nSPS) is 25.2. The Hall–Kier alpha value is -1.03. The van der Waals surface area contributed by atoms with Crippen molar-refractivity contribution in [3.63, 3.8) is 0 Å². The molecule has 1 aliphatic rings. The first-order valence-electron chi connectivity index (χ1n) is 5.89. The molecule has 1 fully saturated rings. The molecule has 1 aliphatic carbocycles. The Morgan fingerprint density at radius 1 is 1.24 bits per heavy atom. The van der Waals surface area contributed by atoms with Crippen LogP contribution in [0.3, 0.4) is 0 Å². The molecule has 0 aliphatic heterocycles. The number of nitrogens with two attached hydrogens (primary N) is 1. The first kappa shape index (κ1) is 12.4. The lowest BCUT2D eigenvalue weighted by molar-refractivity contribution is -0.137. The molecule has 1 aromatic rings. The van der Waals surface area contributed by atoms with Crippen LogP contribution in [0.1, 0.15) is 36.3 Å². The molecule has 0 spiro atoms. The molecule has 0 heterocycles. The van der Waals surface area contributed by atoms with Gasteiger partial charge in [-0.05, 0) is 42.9 Å². The summed E-state index contributed by atoms with van der Waals surface area (Å²) in [5, 5.41) is 0. The molecule has 2 unspecified atom stereocenters. The Balaban J connectivity index is 2.27. The van der Waals surface area contributed by atoms with Crippen LogP contribution in [0.2, 0.25) is 0 Å². The summed E-state index contributed by atoms with van der Waals surface area (Å²) in [6.45, 7) is 0.556. The van der Waals surface area contributed by atoms with Gasteiger partial charge < -0.3 is 5.73 Å². The molecule has 17 heavy (non-hydrogen) atoms. The van der Waals surface area contributed by atoms with E-state index in [0.29, 0.717) is 12.5 Å². The molecule has 2 N–H and O–H groups in total. The van der Waals surface area contributed by atoms with Gasteiger partial charge in [0.25, 0.3) is 0 Å². The van der Waals surface area contributed by atoms with E-state index in [4.69, 9.17) is 5.73 Å². The molecule has 94 valence electrons. The van der Waals surface area contributed by atoms with Crippen molar-refractivity contribution >= 4 is 0 Å². The van der Waals surface area contributed by atoms with Gasteiger partial charge in [-0.2, -0.15) is 13.2 Å². The second-order valence-corrected chi connectivity index (χ2v) is 4.66. The Kier molecular flexibility index (Phi) is 3.43. The molecular weight excluding hydrogens is 227 g/mol. The van der Waals surface area contributed by atoms with E-state index < -0.39 is 11.7 Å². The Morgan fingerprint density at radius 2 is 2.00 bits per heavy atom. The first-order valence-corrected chi connectivity index (χ1v) is 5.89. The predicted molar refractivity (Wildman–Crippen MR) is 60.6 cm³/mol. The third-order valence-corrected chi connectivity index (χ3v) is 3.60. The second kappa shape index (κ2) is 4.69. The molecule has 1 saturated carbocycles. The Bertz CT molecular complexity index is 386. The molecule has 1 aromatic carbocycles. The maximum absolute atomic E-state index is 12.6. The monoisotopic (exact) mass is 243 g/mol. The van der Waals surface area contributed by atoms with Crippen LogP contribution in [0.25, 0.3) is 0 Å². The van der Waals surface area contributed by atoms with E-state index in [9.17, 15) is 13.2 Å². The number of rotatable bonds is 2. The van der Waals surface area contributed by atoms with Crippen LogP contribution in [0.4, 0.5) is 13.2 Å². The summed E-state index contributed by atoms with van der Waals surface area (Å²) in [7, 11) is 0. The van der Waals surface area contributed by atoms with Crippen molar-refractivity contribution in [3.8, 4) is 0 Å². The lowest BCUT2D eigenvalue weighted by Gasteiger charge is -2.19. The number of alkyl halides is 3. The second-order valence-electron chi connectivity index (χ2n) is 4.66. The van der Waals surface area contributed by atoms with Gasteiger partial charge in [-0.3, -0.25) is 0 Å². The van der Waals surface area contributed by atoms with Crippen LogP contribution in [-0.2, 0) is 6.18 Å². The summed E-state index contributed by atoms with van der Waals surface area (Å²) in [6.07, 6.45) is -1.23. The number of benzene rings is 1. The lowest BCUT2D eigenvalue weighted by atomic mass is 9.88. The van der Waals surface area contributed by atoms with Crippen molar-refractivity contribution in [2.24, 2.45) is 11.7 Å². The largest absolute Gasteiger partial charge is 0.416 e. The number of hydrogen-bond acceptors (Lipinski definition) is 1. The molecule has 1 nitrogen and oxygen atoms in total. The summed E-state index contributed by atoms with van der Waals surface area (Å²) in [6, 6.07) is 5.67. The van der Waals surface area contributed by atoms with E-state index in [1.54, 1.807) is 6.07 Å². The fraction of sp³-hybridized carbons (Fsp3) is 0.538. The van der Waals surface area contributed by atoms with Gasteiger partial charge in [0.05, 0.1) is 5.56 Å². The van der Waals surface area contributed by atoms with E-state index in [0.717, 1.165) is 30.9 Å². The number of hydrogen-bond donors (Lipinski definition) is 1. The molecule has 2 atom stereocenters. The molecule has 0 bridgehead atoms. The summed E-state index contributed by atoms with van der Waals surface area (Å²) < 4.78 is 37.8. The molecule has 4 heteroatoms. The topological polar surface area (TPSA) is 26.0 Å². The number of halogens is 3. The molecule has 0 saturated heterocycles. The van der Waals surface area contributed by atoms with Crippen molar-refractivity contribution < 1.29 is 13.2 Å². The van der Waals surface area contributed by atoms with Gasteiger partial charge in [-0.1, -0.05) is 24.6 Å². The minimum atomic E-state index is -4.26. The summed E-state index contributed by atoms with van der Waals surface area (Å²) in [4.78, 5) is 0. The summed E-state index contributed by atoms with van der Waals surface area (Å²) in [5.74, 6) is 0.529. The highest BCUT2D eigenvalue weighted by atomic mass is 19.4. The van der Waals surface area contributed by atoms with Gasteiger partial charge in [0.15, 0.2) is 0 Å². The standard InChI is InChI=1S/C13H16F3N/c14-13(15,16)11-5-1-3-9(7-11)12-6-2-4-10(12)8-17/h1,3,5,7,10,12H,2,4,6,8,17H2. The van der Waals surface area contributed by atoms with Crippen LogP contribution in [0.15, 0.2) is 24.3 Å². The highest BCUT2D eigenvalue weighted by Crippen LogP contribution is 2.40. The van der Waals surface area contributed by atoms with Crippen molar-refractivity contribution in [1.29, 1.82) is 0 Å². The molecule has 2 rings (SSSR count). The van der Waals surface area contributed by atoms with Gasteiger partial charge in [0.2, 0.25) is 0 Å². The van der Waals surface area contributed by atoms with Crippen LogP contribution in [-0.4, -0.2) is 6.54 Å². The quantitative estimate of drug-likeness (QED) is 0.844. The maximum atomic E-state index is 12.6. The van der Waals surface area contributed by atoms with Crippen LogP contribution in [0, 0.1) is 5.92 Å². The zero-order chi connectivity index (χ0) is 12.5. The third-order valence-electron chi connectivity index (χ3n) is 3.60. The van der Waals surface area contributed by atoms with Gasteiger partial charge in [-0.15, -0.1) is 0 Å². The van der Waals surface area contributed by atoms with E-state index in [2.05, 4.69) is 0 Å². The van der Waals surface area contributed by atoms with Crippen molar-refractivity contribution in [2.45, 2.75) is 31.4 Å². The Labute approximate surface area is 98.8 Å². The fourth-order valence-electron chi connectivity index (χ4n) is 2.70. The van der Waals surface area contributed by atoms with E-state index in [-0.39, 0.29) is 5.92 Å². The summed E-state index contributed by atoms with van der Waals surface area (Å²) in [5.41, 5.74) is 5.89. The molecule has 0 radical (unpaired) electrons.